The Balaban J connectivity index is 2.20. The van der Waals surface area contributed by atoms with Gasteiger partial charge in [-0.2, -0.15) is 0 Å². The fraction of sp³-hybridized carbons (Fsp3) is 0.350. The lowest BCUT2D eigenvalue weighted by Crippen LogP contribution is -2.35. The average molecular weight is 310 g/mol. The molecule has 0 aliphatic heterocycles. The highest BCUT2D eigenvalue weighted by molar-refractivity contribution is 5.96. The van der Waals surface area contributed by atoms with Crippen molar-refractivity contribution >= 4 is 11.6 Å². The summed E-state index contributed by atoms with van der Waals surface area (Å²) in [6.45, 7) is 9.10. The van der Waals surface area contributed by atoms with Crippen LogP contribution in [0.2, 0.25) is 0 Å². The predicted octanol–water partition coefficient (Wildman–Crippen LogP) is 4.23. The van der Waals surface area contributed by atoms with Crippen LogP contribution in [0.15, 0.2) is 48.5 Å². The van der Waals surface area contributed by atoms with Crippen molar-refractivity contribution in [2.24, 2.45) is 5.92 Å². The van der Waals surface area contributed by atoms with E-state index in [2.05, 4.69) is 30.5 Å². The molecule has 3 nitrogen and oxygen atoms in total. The second kappa shape index (κ2) is 7.93. The first-order chi connectivity index (χ1) is 11.0. The summed E-state index contributed by atoms with van der Waals surface area (Å²) in [5.41, 5.74) is 4.06. The molecule has 1 amide bonds. The molecule has 0 fully saturated rings. The molecule has 23 heavy (non-hydrogen) atoms. The average Bonchev–Trinajstić information content (AvgIpc) is 2.52. The third-order valence-electron chi connectivity index (χ3n) is 3.78. The van der Waals surface area contributed by atoms with Crippen molar-refractivity contribution in [1.82, 2.24) is 5.32 Å². The van der Waals surface area contributed by atoms with Crippen LogP contribution in [0.5, 0.6) is 0 Å². The van der Waals surface area contributed by atoms with Gasteiger partial charge in [-0.15, -0.1) is 0 Å². The molecule has 0 saturated heterocycles. The summed E-state index contributed by atoms with van der Waals surface area (Å²) in [7, 11) is 0. The summed E-state index contributed by atoms with van der Waals surface area (Å²) < 4.78 is 0. The molecule has 0 unspecified atom stereocenters. The SMILES string of the molecule is Cc1ccc(C)c(NC(=O)[C@@H](NCC(C)C)c2ccccc2)c1. The third kappa shape index (κ3) is 4.93. The molecule has 0 radical (unpaired) electrons. The maximum atomic E-state index is 12.8. The molecule has 122 valence electrons. The van der Waals surface area contributed by atoms with Crippen LogP contribution in [-0.4, -0.2) is 12.5 Å². The predicted molar refractivity (Wildman–Crippen MR) is 96.6 cm³/mol. The van der Waals surface area contributed by atoms with Gasteiger partial charge >= 0.3 is 0 Å². The second-order valence-corrected chi connectivity index (χ2v) is 6.45. The summed E-state index contributed by atoms with van der Waals surface area (Å²) in [5, 5.41) is 6.45. The van der Waals surface area contributed by atoms with Crippen molar-refractivity contribution in [1.29, 1.82) is 0 Å². The number of hydrogen-bond donors (Lipinski definition) is 2. The van der Waals surface area contributed by atoms with E-state index in [1.165, 1.54) is 0 Å². The lowest BCUT2D eigenvalue weighted by Gasteiger charge is -2.21. The van der Waals surface area contributed by atoms with Gasteiger partial charge in [0.1, 0.15) is 6.04 Å². The van der Waals surface area contributed by atoms with Crippen LogP contribution in [0.3, 0.4) is 0 Å². The molecule has 0 bridgehead atoms. The first-order valence-corrected chi connectivity index (χ1v) is 8.14. The maximum absolute atomic E-state index is 12.8. The minimum atomic E-state index is -0.349. The molecule has 0 aliphatic carbocycles. The van der Waals surface area contributed by atoms with Crippen LogP contribution < -0.4 is 10.6 Å². The van der Waals surface area contributed by atoms with Gasteiger partial charge in [0.15, 0.2) is 0 Å². The highest BCUT2D eigenvalue weighted by Gasteiger charge is 2.20. The number of carbonyl (C=O) groups is 1. The second-order valence-electron chi connectivity index (χ2n) is 6.45. The molecule has 2 aromatic rings. The van der Waals surface area contributed by atoms with Gasteiger partial charge in [0.05, 0.1) is 0 Å². The number of hydrogen-bond acceptors (Lipinski definition) is 2. The van der Waals surface area contributed by atoms with Gasteiger partial charge in [0.2, 0.25) is 5.91 Å². The highest BCUT2D eigenvalue weighted by atomic mass is 16.2. The van der Waals surface area contributed by atoms with Crippen molar-refractivity contribution in [2.75, 3.05) is 11.9 Å². The normalized spacial score (nSPS) is 12.2. The van der Waals surface area contributed by atoms with E-state index in [1.54, 1.807) is 0 Å². The van der Waals surface area contributed by atoms with Crippen LogP contribution in [0.4, 0.5) is 5.69 Å². The Morgan fingerprint density at radius 1 is 1.04 bits per heavy atom. The molecule has 2 N–H and O–H groups in total. The molecule has 2 rings (SSSR count). The lowest BCUT2D eigenvalue weighted by molar-refractivity contribution is -0.118. The molecule has 2 aromatic carbocycles. The summed E-state index contributed by atoms with van der Waals surface area (Å²) in [6.07, 6.45) is 0. The number of benzene rings is 2. The van der Waals surface area contributed by atoms with Gasteiger partial charge in [0.25, 0.3) is 0 Å². The minimum Gasteiger partial charge on any atom is -0.324 e. The number of carbonyl (C=O) groups excluding carboxylic acids is 1. The van der Waals surface area contributed by atoms with Crippen molar-refractivity contribution in [3.63, 3.8) is 0 Å². The van der Waals surface area contributed by atoms with Crippen molar-refractivity contribution in [3.05, 3.63) is 65.2 Å². The van der Waals surface area contributed by atoms with Crippen molar-refractivity contribution < 1.29 is 4.79 Å². The number of rotatable bonds is 6. The van der Waals surface area contributed by atoms with Gasteiger partial charge in [-0.1, -0.05) is 56.3 Å². The Morgan fingerprint density at radius 2 is 1.74 bits per heavy atom. The topological polar surface area (TPSA) is 41.1 Å². The van der Waals surface area contributed by atoms with Crippen LogP contribution >= 0.6 is 0 Å². The molecule has 1 atom stereocenters. The van der Waals surface area contributed by atoms with Crippen LogP contribution in [0.25, 0.3) is 0 Å². The smallest absolute Gasteiger partial charge is 0.246 e. The summed E-state index contributed by atoms with van der Waals surface area (Å²) in [6, 6.07) is 15.6. The first kappa shape index (κ1) is 17.2. The van der Waals surface area contributed by atoms with Crippen molar-refractivity contribution in [2.45, 2.75) is 33.7 Å². The number of nitrogens with one attached hydrogen (secondary N) is 2. The fourth-order valence-corrected chi connectivity index (χ4v) is 2.44. The largest absolute Gasteiger partial charge is 0.324 e. The van der Waals surface area contributed by atoms with E-state index in [0.717, 1.165) is 28.9 Å². The molecule has 0 aromatic heterocycles. The van der Waals surface area contributed by atoms with Gasteiger partial charge in [-0.05, 0) is 49.1 Å². The van der Waals surface area contributed by atoms with Crippen molar-refractivity contribution in [3.8, 4) is 0 Å². The van der Waals surface area contributed by atoms with Gasteiger partial charge in [-0.3, -0.25) is 4.79 Å². The lowest BCUT2D eigenvalue weighted by atomic mass is 10.0. The molecule has 0 spiro atoms. The Bertz CT molecular complexity index is 650. The highest BCUT2D eigenvalue weighted by Crippen LogP contribution is 2.20. The number of aryl methyl sites for hydroxylation is 2. The zero-order valence-electron chi connectivity index (χ0n) is 14.4. The van der Waals surface area contributed by atoms with E-state index in [-0.39, 0.29) is 11.9 Å². The van der Waals surface area contributed by atoms with E-state index in [9.17, 15) is 4.79 Å². The molecule has 0 heterocycles. The maximum Gasteiger partial charge on any atom is 0.246 e. The summed E-state index contributed by atoms with van der Waals surface area (Å²) in [4.78, 5) is 12.8. The summed E-state index contributed by atoms with van der Waals surface area (Å²) in [5.74, 6) is 0.459. The summed E-state index contributed by atoms with van der Waals surface area (Å²) >= 11 is 0. The standard InChI is InChI=1S/C20H26N2O/c1-14(2)13-21-19(17-8-6-5-7-9-17)20(23)22-18-12-15(3)10-11-16(18)4/h5-12,14,19,21H,13H2,1-4H3,(H,22,23)/t19-/m0/s1. The Labute approximate surface area is 139 Å². The minimum absolute atomic E-state index is 0.0226. The van der Waals surface area contributed by atoms with Gasteiger partial charge in [-0.25, -0.2) is 0 Å². The van der Waals surface area contributed by atoms with Gasteiger partial charge in [0, 0.05) is 5.69 Å². The monoisotopic (exact) mass is 310 g/mol. The molecular weight excluding hydrogens is 284 g/mol. The quantitative estimate of drug-likeness (QED) is 0.838. The Morgan fingerprint density at radius 3 is 2.39 bits per heavy atom. The molecule has 0 aliphatic rings. The first-order valence-electron chi connectivity index (χ1n) is 8.14. The number of anilines is 1. The molecule has 0 saturated carbocycles. The number of amides is 1. The van der Waals surface area contributed by atoms with Crippen LogP contribution in [-0.2, 0) is 4.79 Å². The molecular formula is C20H26N2O. The fourth-order valence-electron chi connectivity index (χ4n) is 2.44. The van der Waals surface area contributed by atoms with E-state index >= 15 is 0 Å². The Hall–Kier alpha value is -2.13. The third-order valence-corrected chi connectivity index (χ3v) is 3.78. The molecule has 3 heteroatoms. The van der Waals surface area contributed by atoms with E-state index in [1.807, 2.05) is 56.3 Å². The van der Waals surface area contributed by atoms with Crippen LogP contribution in [0, 0.1) is 19.8 Å². The van der Waals surface area contributed by atoms with E-state index in [0.29, 0.717) is 5.92 Å². The van der Waals surface area contributed by atoms with E-state index < -0.39 is 0 Å². The van der Waals surface area contributed by atoms with Gasteiger partial charge < -0.3 is 10.6 Å². The van der Waals surface area contributed by atoms with Crippen LogP contribution in [0.1, 0.15) is 36.6 Å². The zero-order valence-corrected chi connectivity index (χ0v) is 14.4. The zero-order chi connectivity index (χ0) is 16.8. The Kier molecular flexibility index (Phi) is 5.94. The van der Waals surface area contributed by atoms with E-state index in [4.69, 9.17) is 0 Å².